The highest BCUT2D eigenvalue weighted by Gasteiger charge is 2.35. The standard InChI is InChI=1S/C24H47N3O6/c1-5-12-26(15-18(2)28)13-8-6-10-21-23(25)32-22(24(31)33-21)11-7-9-14-27(16-19(3)29)17-20(4)30/h18-22,25,28-30H,5-17H2,1-4H3/t18-,19-,20?,21?,22?/m1/s1. The molecule has 4 N–H and O–H groups in total. The second kappa shape index (κ2) is 16.4. The van der Waals surface area contributed by atoms with Crippen LogP contribution in [-0.4, -0.2) is 107 Å². The van der Waals surface area contributed by atoms with Gasteiger partial charge < -0.3 is 29.7 Å². The van der Waals surface area contributed by atoms with Gasteiger partial charge in [-0.3, -0.25) is 10.3 Å². The lowest BCUT2D eigenvalue weighted by Gasteiger charge is -2.30. The van der Waals surface area contributed by atoms with E-state index >= 15 is 0 Å². The van der Waals surface area contributed by atoms with Crippen LogP contribution in [0.25, 0.3) is 0 Å². The molecule has 0 aromatic carbocycles. The zero-order valence-corrected chi connectivity index (χ0v) is 21.0. The van der Waals surface area contributed by atoms with E-state index in [1.807, 2.05) is 4.90 Å². The van der Waals surface area contributed by atoms with Crippen LogP contribution in [0.4, 0.5) is 0 Å². The Morgan fingerprint density at radius 3 is 1.79 bits per heavy atom. The minimum Gasteiger partial charge on any atom is -0.463 e. The first-order valence-electron chi connectivity index (χ1n) is 12.6. The van der Waals surface area contributed by atoms with Crippen LogP contribution in [-0.2, 0) is 14.3 Å². The molecule has 33 heavy (non-hydrogen) atoms. The van der Waals surface area contributed by atoms with Crippen molar-refractivity contribution in [2.45, 2.75) is 103 Å². The van der Waals surface area contributed by atoms with Crippen molar-refractivity contribution in [2.75, 3.05) is 39.3 Å². The van der Waals surface area contributed by atoms with Gasteiger partial charge in [-0.1, -0.05) is 6.92 Å². The number of cyclic esters (lactones) is 1. The van der Waals surface area contributed by atoms with Crippen LogP contribution in [0.15, 0.2) is 0 Å². The maximum Gasteiger partial charge on any atom is 0.348 e. The van der Waals surface area contributed by atoms with Crippen molar-refractivity contribution in [3.63, 3.8) is 0 Å². The molecule has 9 heteroatoms. The summed E-state index contributed by atoms with van der Waals surface area (Å²) in [5, 5.41) is 37.0. The molecule has 1 aliphatic heterocycles. The summed E-state index contributed by atoms with van der Waals surface area (Å²) in [7, 11) is 0. The third-order valence-electron chi connectivity index (χ3n) is 5.57. The van der Waals surface area contributed by atoms with Crippen molar-refractivity contribution in [1.82, 2.24) is 9.80 Å². The van der Waals surface area contributed by atoms with E-state index in [-0.39, 0.29) is 12.0 Å². The van der Waals surface area contributed by atoms with Crippen LogP contribution < -0.4 is 0 Å². The highest BCUT2D eigenvalue weighted by atomic mass is 16.6. The van der Waals surface area contributed by atoms with Gasteiger partial charge in [0.1, 0.15) is 0 Å². The van der Waals surface area contributed by atoms with Gasteiger partial charge in [0.15, 0.2) is 12.2 Å². The zero-order valence-electron chi connectivity index (χ0n) is 21.0. The first-order chi connectivity index (χ1) is 15.6. The van der Waals surface area contributed by atoms with Gasteiger partial charge in [-0.15, -0.1) is 0 Å². The summed E-state index contributed by atoms with van der Waals surface area (Å²) in [5.41, 5.74) is 0. The lowest BCUT2D eigenvalue weighted by atomic mass is 10.1. The Labute approximate surface area is 199 Å². The molecular weight excluding hydrogens is 426 g/mol. The number of aliphatic hydroxyl groups excluding tert-OH is 3. The minimum absolute atomic E-state index is 0.0267. The number of unbranched alkanes of at least 4 members (excludes halogenated alkanes) is 2. The third kappa shape index (κ3) is 13.3. The van der Waals surface area contributed by atoms with Crippen molar-refractivity contribution >= 4 is 11.9 Å². The number of nitrogens with one attached hydrogen (secondary N) is 1. The van der Waals surface area contributed by atoms with Gasteiger partial charge in [-0.05, 0) is 85.4 Å². The van der Waals surface area contributed by atoms with E-state index in [1.165, 1.54) is 0 Å². The molecule has 0 bridgehead atoms. The second-order valence-corrected chi connectivity index (χ2v) is 9.50. The number of carbonyl (C=O) groups excluding carboxylic acids is 1. The maximum atomic E-state index is 12.4. The first kappa shape index (κ1) is 29.8. The molecule has 0 aliphatic carbocycles. The van der Waals surface area contributed by atoms with Crippen LogP contribution in [0.3, 0.4) is 0 Å². The molecule has 194 valence electrons. The summed E-state index contributed by atoms with van der Waals surface area (Å²) in [6.45, 7) is 11.5. The molecule has 0 saturated carbocycles. The van der Waals surface area contributed by atoms with E-state index in [2.05, 4.69) is 11.8 Å². The van der Waals surface area contributed by atoms with Crippen molar-refractivity contribution in [3.05, 3.63) is 0 Å². The molecule has 0 aromatic heterocycles. The molecule has 0 radical (unpaired) electrons. The third-order valence-corrected chi connectivity index (χ3v) is 5.57. The van der Waals surface area contributed by atoms with Crippen molar-refractivity contribution in [1.29, 1.82) is 5.41 Å². The number of ether oxygens (including phenoxy) is 2. The van der Waals surface area contributed by atoms with Crippen molar-refractivity contribution in [2.24, 2.45) is 0 Å². The number of carbonyl (C=O) groups is 1. The molecule has 1 heterocycles. The molecular formula is C24H47N3O6. The van der Waals surface area contributed by atoms with E-state index < -0.39 is 30.4 Å². The number of rotatable bonds is 18. The Morgan fingerprint density at radius 2 is 1.27 bits per heavy atom. The van der Waals surface area contributed by atoms with Gasteiger partial charge >= 0.3 is 5.97 Å². The average Bonchev–Trinajstić information content (AvgIpc) is 2.70. The maximum absolute atomic E-state index is 12.4. The number of nitrogens with zero attached hydrogens (tertiary/aromatic N) is 2. The van der Waals surface area contributed by atoms with Gasteiger partial charge in [0.25, 0.3) is 0 Å². The number of esters is 1. The summed E-state index contributed by atoms with van der Waals surface area (Å²) >= 11 is 0. The first-order valence-corrected chi connectivity index (χ1v) is 12.6. The molecule has 1 rings (SSSR count). The largest absolute Gasteiger partial charge is 0.463 e. The van der Waals surface area contributed by atoms with Crippen molar-refractivity contribution < 1.29 is 29.6 Å². The quantitative estimate of drug-likeness (QED) is 0.175. The van der Waals surface area contributed by atoms with E-state index in [0.29, 0.717) is 39.0 Å². The Kier molecular flexibility index (Phi) is 14.8. The lowest BCUT2D eigenvalue weighted by Crippen LogP contribution is -2.43. The summed E-state index contributed by atoms with van der Waals surface area (Å²) in [5.74, 6) is -0.374. The van der Waals surface area contributed by atoms with Crippen LogP contribution in [0.1, 0.15) is 72.6 Å². The predicted molar refractivity (Wildman–Crippen MR) is 128 cm³/mol. The molecule has 1 saturated heterocycles. The molecule has 0 spiro atoms. The summed E-state index contributed by atoms with van der Waals surface area (Å²) in [6.07, 6.45) is 2.70. The molecule has 3 unspecified atom stereocenters. The van der Waals surface area contributed by atoms with Gasteiger partial charge in [-0.2, -0.15) is 0 Å². The number of hydrogen-bond donors (Lipinski definition) is 4. The summed E-state index contributed by atoms with van der Waals surface area (Å²) in [4.78, 5) is 16.6. The Morgan fingerprint density at radius 1 is 0.788 bits per heavy atom. The van der Waals surface area contributed by atoms with Crippen LogP contribution in [0.2, 0.25) is 0 Å². The molecule has 1 aliphatic rings. The topological polar surface area (TPSA) is 127 Å². The minimum atomic E-state index is -0.734. The van der Waals surface area contributed by atoms with Crippen LogP contribution in [0, 0.1) is 5.41 Å². The van der Waals surface area contributed by atoms with E-state index in [1.54, 1.807) is 20.8 Å². The fourth-order valence-electron chi connectivity index (χ4n) is 4.23. The highest BCUT2D eigenvalue weighted by Crippen LogP contribution is 2.20. The normalized spacial score (nSPS) is 21.7. The van der Waals surface area contributed by atoms with Crippen LogP contribution in [0.5, 0.6) is 0 Å². The van der Waals surface area contributed by atoms with E-state index in [0.717, 1.165) is 45.2 Å². The molecule has 0 aromatic rings. The molecule has 5 atom stereocenters. The fraction of sp³-hybridized carbons (Fsp3) is 0.917. The smallest absolute Gasteiger partial charge is 0.348 e. The lowest BCUT2D eigenvalue weighted by molar-refractivity contribution is -0.163. The number of aliphatic hydroxyl groups is 3. The Bertz CT molecular complexity index is 548. The average molecular weight is 474 g/mol. The monoisotopic (exact) mass is 473 g/mol. The number of hydrogen-bond acceptors (Lipinski definition) is 9. The summed E-state index contributed by atoms with van der Waals surface area (Å²) < 4.78 is 11.1. The summed E-state index contributed by atoms with van der Waals surface area (Å²) in [6, 6.07) is 0. The van der Waals surface area contributed by atoms with Gasteiger partial charge in [0.2, 0.25) is 5.90 Å². The van der Waals surface area contributed by atoms with Gasteiger partial charge in [0.05, 0.1) is 18.3 Å². The highest BCUT2D eigenvalue weighted by molar-refractivity contribution is 5.88. The molecule has 9 nitrogen and oxygen atoms in total. The predicted octanol–water partition coefficient (Wildman–Crippen LogP) is 1.77. The zero-order chi connectivity index (χ0) is 24.8. The molecule has 1 fully saturated rings. The van der Waals surface area contributed by atoms with Crippen LogP contribution >= 0.6 is 0 Å². The Balaban J connectivity index is 2.32. The van der Waals surface area contributed by atoms with E-state index in [9.17, 15) is 20.1 Å². The van der Waals surface area contributed by atoms with Gasteiger partial charge in [-0.25, -0.2) is 4.79 Å². The van der Waals surface area contributed by atoms with Gasteiger partial charge in [0, 0.05) is 19.6 Å². The Hall–Kier alpha value is -1.26. The molecule has 0 amide bonds. The second-order valence-electron chi connectivity index (χ2n) is 9.50. The van der Waals surface area contributed by atoms with E-state index in [4.69, 9.17) is 14.9 Å². The SMILES string of the molecule is CCCN(CCCCC1OC(=O)C(CCCCN(CC(C)O)C[C@@H](C)O)OC1=N)C[C@@H](C)O. The van der Waals surface area contributed by atoms with Crippen molar-refractivity contribution in [3.8, 4) is 0 Å². The fourth-order valence-corrected chi connectivity index (χ4v) is 4.23.